The SMILES string of the molecule is CCCC1=C(C(=O)c2ccccc2)CCC(OCC)O1. The number of hydrogen-bond acceptors (Lipinski definition) is 3. The Morgan fingerprint density at radius 2 is 2.05 bits per heavy atom. The van der Waals surface area contributed by atoms with Crippen LogP contribution in [0.1, 0.15) is 49.9 Å². The van der Waals surface area contributed by atoms with Crippen molar-refractivity contribution < 1.29 is 14.3 Å². The van der Waals surface area contributed by atoms with Crippen LogP contribution in [0.2, 0.25) is 0 Å². The molecule has 0 saturated heterocycles. The number of hydrogen-bond donors (Lipinski definition) is 0. The lowest BCUT2D eigenvalue weighted by Crippen LogP contribution is -2.24. The third-order valence-electron chi connectivity index (χ3n) is 3.38. The molecule has 1 unspecified atom stereocenters. The highest BCUT2D eigenvalue weighted by atomic mass is 16.7. The number of carbonyl (C=O) groups is 1. The van der Waals surface area contributed by atoms with Gasteiger partial charge >= 0.3 is 0 Å². The monoisotopic (exact) mass is 274 g/mol. The molecule has 0 amide bonds. The lowest BCUT2D eigenvalue weighted by Gasteiger charge is -2.27. The molecule has 3 heteroatoms. The third kappa shape index (κ3) is 3.48. The zero-order valence-electron chi connectivity index (χ0n) is 12.2. The summed E-state index contributed by atoms with van der Waals surface area (Å²) in [6.07, 6.45) is 3.02. The zero-order chi connectivity index (χ0) is 14.4. The van der Waals surface area contributed by atoms with Crippen molar-refractivity contribution >= 4 is 5.78 Å². The van der Waals surface area contributed by atoms with E-state index in [1.165, 1.54) is 0 Å². The lowest BCUT2D eigenvalue weighted by atomic mass is 9.95. The fourth-order valence-electron chi connectivity index (χ4n) is 2.43. The molecule has 0 fully saturated rings. The number of rotatable bonds is 6. The van der Waals surface area contributed by atoms with Crippen molar-refractivity contribution in [3.8, 4) is 0 Å². The Morgan fingerprint density at radius 1 is 1.30 bits per heavy atom. The Morgan fingerprint density at radius 3 is 2.70 bits per heavy atom. The van der Waals surface area contributed by atoms with Crippen LogP contribution in [-0.4, -0.2) is 18.7 Å². The second-order valence-corrected chi connectivity index (χ2v) is 4.89. The van der Waals surface area contributed by atoms with E-state index in [9.17, 15) is 4.79 Å². The largest absolute Gasteiger partial charge is 0.469 e. The van der Waals surface area contributed by atoms with Crippen LogP contribution < -0.4 is 0 Å². The Kier molecular flexibility index (Phi) is 5.36. The molecule has 2 rings (SSSR count). The van der Waals surface area contributed by atoms with E-state index in [4.69, 9.17) is 9.47 Å². The van der Waals surface area contributed by atoms with Gasteiger partial charge in [0.15, 0.2) is 12.1 Å². The van der Waals surface area contributed by atoms with Gasteiger partial charge in [0.2, 0.25) is 0 Å². The van der Waals surface area contributed by atoms with Gasteiger partial charge in [0, 0.05) is 30.6 Å². The molecule has 0 bridgehead atoms. The average Bonchev–Trinajstić information content (AvgIpc) is 2.48. The molecule has 0 N–H and O–H groups in total. The highest BCUT2D eigenvalue weighted by Gasteiger charge is 2.26. The van der Waals surface area contributed by atoms with Gasteiger partial charge in [-0.15, -0.1) is 0 Å². The summed E-state index contributed by atoms with van der Waals surface area (Å²) in [7, 11) is 0. The Labute approximate surface area is 120 Å². The number of allylic oxidation sites excluding steroid dienone is 2. The predicted octanol–water partition coefficient (Wildman–Crippen LogP) is 4.10. The Bertz CT molecular complexity index is 476. The molecule has 1 aromatic carbocycles. The van der Waals surface area contributed by atoms with Crippen molar-refractivity contribution in [2.24, 2.45) is 0 Å². The molecule has 1 aliphatic rings. The van der Waals surface area contributed by atoms with E-state index in [0.29, 0.717) is 6.61 Å². The summed E-state index contributed by atoms with van der Waals surface area (Å²) in [5.74, 6) is 0.898. The minimum atomic E-state index is -0.200. The van der Waals surface area contributed by atoms with Crippen LogP contribution in [0, 0.1) is 0 Å². The second kappa shape index (κ2) is 7.25. The van der Waals surface area contributed by atoms with Gasteiger partial charge in [0.05, 0.1) is 0 Å². The molecule has 20 heavy (non-hydrogen) atoms. The van der Waals surface area contributed by atoms with Gasteiger partial charge in [0.1, 0.15) is 5.76 Å². The molecule has 1 atom stereocenters. The highest BCUT2D eigenvalue weighted by Crippen LogP contribution is 2.29. The Hall–Kier alpha value is -1.61. The number of ether oxygens (including phenoxy) is 2. The Balaban J connectivity index is 2.22. The zero-order valence-corrected chi connectivity index (χ0v) is 12.2. The van der Waals surface area contributed by atoms with Crippen molar-refractivity contribution in [3.63, 3.8) is 0 Å². The number of ketones is 1. The van der Waals surface area contributed by atoms with Gasteiger partial charge in [0.25, 0.3) is 0 Å². The maximum atomic E-state index is 12.6. The van der Waals surface area contributed by atoms with Crippen molar-refractivity contribution in [1.82, 2.24) is 0 Å². The minimum Gasteiger partial charge on any atom is -0.469 e. The van der Waals surface area contributed by atoms with Crippen molar-refractivity contribution in [3.05, 3.63) is 47.2 Å². The van der Waals surface area contributed by atoms with Crippen LogP contribution in [0.3, 0.4) is 0 Å². The summed E-state index contributed by atoms with van der Waals surface area (Å²) in [5, 5.41) is 0. The van der Waals surface area contributed by atoms with E-state index in [0.717, 1.165) is 42.6 Å². The van der Waals surface area contributed by atoms with Crippen molar-refractivity contribution in [1.29, 1.82) is 0 Å². The molecule has 0 aliphatic carbocycles. The summed E-state index contributed by atoms with van der Waals surface area (Å²) in [4.78, 5) is 12.6. The standard InChI is InChI=1S/C17H22O3/c1-3-8-15-14(11-12-16(20-15)19-4-2)17(18)13-9-6-5-7-10-13/h5-7,9-10,16H,3-4,8,11-12H2,1-2H3. The molecule has 0 radical (unpaired) electrons. The first kappa shape index (κ1) is 14.8. The van der Waals surface area contributed by atoms with Crippen LogP contribution in [0.4, 0.5) is 0 Å². The van der Waals surface area contributed by atoms with E-state index >= 15 is 0 Å². The van der Waals surface area contributed by atoms with Crippen LogP contribution in [-0.2, 0) is 9.47 Å². The van der Waals surface area contributed by atoms with E-state index in [-0.39, 0.29) is 12.1 Å². The molecule has 1 aromatic rings. The smallest absolute Gasteiger partial charge is 0.199 e. The van der Waals surface area contributed by atoms with E-state index < -0.39 is 0 Å². The van der Waals surface area contributed by atoms with E-state index in [1.807, 2.05) is 37.3 Å². The van der Waals surface area contributed by atoms with Crippen LogP contribution >= 0.6 is 0 Å². The third-order valence-corrected chi connectivity index (χ3v) is 3.38. The minimum absolute atomic E-state index is 0.0870. The van der Waals surface area contributed by atoms with Crippen LogP contribution in [0.5, 0.6) is 0 Å². The van der Waals surface area contributed by atoms with Crippen LogP contribution in [0.15, 0.2) is 41.7 Å². The molecular formula is C17H22O3. The number of Topliss-reactive ketones (excluding diaryl/α,β-unsaturated/α-hetero) is 1. The van der Waals surface area contributed by atoms with E-state index in [2.05, 4.69) is 6.92 Å². The van der Waals surface area contributed by atoms with Gasteiger partial charge in [-0.25, -0.2) is 0 Å². The molecule has 1 heterocycles. The summed E-state index contributed by atoms with van der Waals surface area (Å²) >= 11 is 0. The maximum absolute atomic E-state index is 12.6. The average molecular weight is 274 g/mol. The number of benzene rings is 1. The molecule has 1 aliphatic heterocycles. The molecule has 3 nitrogen and oxygen atoms in total. The maximum Gasteiger partial charge on any atom is 0.199 e. The first-order chi connectivity index (χ1) is 9.76. The fourth-order valence-corrected chi connectivity index (χ4v) is 2.43. The highest BCUT2D eigenvalue weighted by molar-refractivity contribution is 6.09. The summed E-state index contributed by atoms with van der Waals surface area (Å²) in [6, 6.07) is 9.40. The fraction of sp³-hybridized carbons (Fsp3) is 0.471. The molecule has 0 aromatic heterocycles. The molecule has 108 valence electrons. The van der Waals surface area contributed by atoms with Crippen molar-refractivity contribution in [2.75, 3.05) is 6.61 Å². The summed E-state index contributed by atoms with van der Waals surface area (Å²) < 4.78 is 11.4. The first-order valence-electron chi connectivity index (χ1n) is 7.36. The molecule has 0 saturated carbocycles. The summed E-state index contributed by atoms with van der Waals surface area (Å²) in [6.45, 7) is 4.68. The molecule has 0 spiro atoms. The van der Waals surface area contributed by atoms with Gasteiger partial charge in [-0.05, 0) is 19.8 Å². The lowest BCUT2D eigenvalue weighted by molar-refractivity contribution is -0.125. The van der Waals surface area contributed by atoms with Gasteiger partial charge in [-0.1, -0.05) is 37.3 Å². The van der Waals surface area contributed by atoms with Crippen molar-refractivity contribution in [2.45, 2.75) is 45.8 Å². The topological polar surface area (TPSA) is 35.5 Å². The van der Waals surface area contributed by atoms with E-state index in [1.54, 1.807) is 0 Å². The first-order valence-corrected chi connectivity index (χ1v) is 7.36. The quantitative estimate of drug-likeness (QED) is 0.733. The van der Waals surface area contributed by atoms with Gasteiger partial charge in [-0.2, -0.15) is 0 Å². The second-order valence-electron chi connectivity index (χ2n) is 4.89. The van der Waals surface area contributed by atoms with Gasteiger partial charge < -0.3 is 9.47 Å². The van der Waals surface area contributed by atoms with Gasteiger partial charge in [-0.3, -0.25) is 4.79 Å². The predicted molar refractivity (Wildman–Crippen MR) is 78.4 cm³/mol. The molecular weight excluding hydrogens is 252 g/mol. The van der Waals surface area contributed by atoms with Crippen LogP contribution in [0.25, 0.3) is 0 Å². The number of carbonyl (C=O) groups excluding carboxylic acids is 1. The summed E-state index contributed by atoms with van der Waals surface area (Å²) in [5.41, 5.74) is 1.54. The normalized spacial score (nSPS) is 18.8.